The van der Waals surface area contributed by atoms with E-state index in [0.717, 1.165) is 6.42 Å². The molecule has 1 aromatic rings. The summed E-state index contributed by atoms with van der Waals surface area (Å²) in [4.78, 5) is 11.4. The fourth-order valence-electron chi connectivity index (χ4n) is 2.15. The van der Waals surface area contributed by atoms with Crippen LogP contribution in [0.1, 0.15) is 18.9 Å². The summed E-state index contributed by atoms with van der Waals surface area (Å²) in [5, 5.41) is 3.69. The first-order valence-electron chi connectivity index (χ1n) is 6.40. The number of carbonyl (C=O) groups excluding carboxylic acids is 1. The van der Waals surface area contributed by atoms with Crippen LogP contribution in [0, 0.1) is 0 Å². The number of hydrogen-bond acceptors (Lipinski definition) is 4. The number of methoxy groups -OCH3 is 1. The molecule has 4 nitrogen and oxygen atoms in total. The summed E-state index contributed by atoms with van der Waals surface area (Å²) in [7, 11) is 1.39. The van der Waals surface area contributed by atoms with Crippen LogP contribution in [-0.4, -0.2) is 31.8 Å². The molecule has 0 unspecified atom stereocenters. The molecule has 1 aromatic carbocycles. The number of benzene rings is 1. The largest absolute Gasteiger partial charge is 0.487 e. The molecule has 20 heavy (non-hydrogen) atoms. The first kappa shape index (κ1) is 17.1. The van der Waals surface area contributed by atoms with Crippen LogP contribution in [0.15, 0.2) is 18.2 Å². The molecule has 0 bridgehead atoms. The Balaban J connectivity index is 0.00000200. The average molecular weight is 320 g/mol. The summed E-state index contributed by atoms with van der Waals surface area (Å²) >= 11 is 6.18. The van der Waals surface area contributed by atoms with Crippen LogP contribution in [0.2, 0.25) is 5.02 Å². The molecule has 1 N–H and O–H groups in total. The van der Waals surface area contributed by atoms with Gasteiger partial charge in [-0.1, -0.05) is 24.6 Å². The highest BCUT2D eigenvalue weighted by Crippen LogP contribution is 2.28. The third kappa shape index (κ3) is 4.01. The fourth-order valence-corrected chi connectivity index (χ4v) is 2.40. The molecule has 2 atom stereocenters. The number of nitrogens with one attached hydrogen (secondary N) is 1. The molecular formula is C14H19Cl2NO3. The van der Waals surface area contributed by atoms with E-state index in [4.69, 9.17) is 21.1 Å². The van der Waals surface area contributed by atoms with Crippen molar-refractivity contribution < 1.29 is 14.3 Å². The number of halogens is 2. The van der Waals surface area contributed by atoms with Gasteiger partial charge in [-0.3, -0.25) is 4.79 Å². The topological polar surface area (TPSA) is 47.6 Å². The van der Waals surface area contributed by atoms with Crippen LogP contribution in [0.5, 0.6) is 5.75 Å². The van der Waals surface area contributed by atoms with E-state index in [2.05, 4.69) is 12.2 Å². The minimum atomic E-state index is -0.288. The van der Waals surface area contributed by atoms with E-state index in [1.807, 2.05) is 18.2 Å². The van der Waals surface area contributed by atoms with Gasteiger partial charge in [0.25, 0.3) is 0 Å². The van der Waals surface area contributed by atoms with E-state index in [-0.39, 0.29) is 30.5 Å². The number of aryl methyl sites for hydroxylation is 1. The SMILES string of the molecule is CCc1ccc(O[C@@H]2CN[C@H](C(=O)OC)C2)c(Cl)c1.Cl. The molecule has 112 valence electrons. The molecule has 1 heterocycles. The number of ether oxygens (including phenoxy) is 2. The molecule has 1 saturated heterocycles. The molecule has 1 aliphatic rings. The van der Waals surface area contributed by atoms with E-state index in [1.54, 1.807) is 0 Å². The smallest absolute Gasteiger partial charge is 0.323 e. The van der Waals surface area contributed by atoms with Crippen molar-refractivity contribution in [3.63, 3.8) is 0 Å². The van der Waals surface area contributed by atoms with E-state index in [1.165, 1.54) is 12.7 Å². The summed E-state index contributed by atoms with van der Waals surface area (Å²) in [6.45, 7) is 2.69. The van der Waals surface area contributed by atoms with Gasteiger partial charge in [-0.25, -0.2) is 0 Å². The Kier molecular flexibility index (Phi) is 6.59. The molecule has 0 radical (unpaired) electrons. The summed E-state index contributed by atoms with van der Waals surface area (Å²) in [5.41, 5.74) is 1.18. The molecule has 0 aromatic heterocycles. The lowest BCUT2D eigenvalue weighted by Gasteiger charge is -2.14. The second-order valence-electron chi connectivity index (χ2n) is 4.58. The minimum Gasteiger partial charge on any atom is -0.487 e. The molecule has 0 amide bonds. The van der Waals surface area contributed by atoms with Crippen LogP contribution in [0.4, 0.5) is 0 Å². The molecule has 1 fully saturated rings. The quantitative estimate of drug-likeness (QED) is 0.867. The Morgan fingerprint density at radius 3 is 2.85 bits per heavy atom. The minimum absolute atomic E-state index is 0. The van der Waals surface area contributed by atoms with Gasteiger partial charge in [-0.15, -0.1) is 12.4 Å². The summed E-state index contributed by atoms with van der Waals surface area (Å²) in [6, 6.07) is 5.51. The number of rotatable bonds is 4. The van der Waals surface area contributed by atoms with Crippen LogP contribution in [-0.2, 0) is 16.0 Å². The second-order valence-corrected chi connectivity index (χ2v) is 4.99. The van der Waals surface area contributed by atoms with Gasteiger partial charge in [0.05, 0.1) is 12.1 Å². The highest BCUT2D eigenvalue weighted by Gasteiger charge is 2.31. The molecular weight excluding hydrogens is 301 g/mol. The third-order valence-corrected chi connectivity index (χ3v) is 3.57. The first-order chi connectivity index (χ1) is 9.13. The van der Waals surface area contributed by atoms with Crippen LogP contribution < -0.4 is 10.1 Å². The molecule has 1 aliphatic heterocycles. The lowest BCUT2D eigenvalue weighted by molar-refractivity contribution is -0.142. The zero-order valence-corrected chi connectivity index (χ0v) is 13.1. The van der Waals surface area contributed by atoms with E-state index < -0.39 is 0 Å². The Labute approximate surface area is 130 Å². The van der Waals surface area contributed by atoms with Gasteiger partial charge >= 0.3 is 5.97 Å². The fraction of sp³-hybridized carbons (Fsp3) is 0.500. The highest BCUT2D eigenvalue weighted by molar-refractivity contribution is 6.32. The normalized spacial score (nSPS) is 21.1. The zero-order valence-electron chi connectivity index (χ0n) is 11.5. The number of carbonyl (C=O) groups is 1. The molecule has 6 heteroatoms. The zero-order chi connectivity index (χ0) is 13.8. The summed E-state index contributed by atoms with van der Waals surface area (Å²) in [5.74, 6) is 0.412. The summed E-state index contributed by atoms with van der Waals surface area (Å²) in [6.07, 6.45) is 1.47. The third-order valence-electron chi connectivity index (χ3n) is 3.27. The van der Waals surface area contributed by atoms with Crippen LogP contribution in [0.3, 0.4) is 0 Å². The van der Waals surface area contributed by atoms with Crippen LogP contribution in [0.25, 0.3) is 0 Å². The Hall–Kier alpha value is -0.970. The molecule has 0 spiro atoms. The van der Waals surface area contributed by atoms with Crippen molar-refractivity contribution in [3.05, 3.63) is 28.8 Å². The second kappa shape index (κ2) is 7.72. The summed E-state index contributed by atoms with van der Waals surface area (Å²) < 4.78 is 10.5. The predicted octanol–water partition coefficient (Wildman–Crippen LogP) is 2.61. The molecule has 2 rings (SSSR count). The maximum atomic E-state index is 11.4. The van der Waals surface area contributed by atoms with Gasteiger partial charge in [-0.05, 0) is 24.1 Å². The van der Waals surface area contributed by atoms with Gasteiger partial charge in [0.2, 0.25) is 0 Å². The van der Waals surface area contributed by atoms with Gasteiger partial charge in [-0.2, -0.15) is 0 Å². The van der Waals surface area contributed by atoms with Gasteiger partial charge in [0.1, 0.15) is 17.9 Å². The van der Waals surface area contributed by atoms with E-state index in [0.29, 0.717) is 23.7 Å². The lowest BCUT2D eigenvalue weighted by Crippen LogP contribution is -2.31. The predicted molar refractivity (Wildman–Crippen MR) is 80.9 cm³/mol. The number of hydrogen-bond donors (Lipinski definition) is 1. The van der Waals surface area contributed by atoms with Crippen molar-refractivity contribution >= 4 is 30.0 Å². The van der Waals surface area contributed by atoms with E-state index in [9.17, 15) is 4.79 Å². The maximum Gasteiger partial charge on any atom is 0.323 e. The lowest BCUT2D eigenvalue weighted by atomic mass is 10.1. The van der Waals surface area contributed by atoms with Crippen molar-refractivity contribution in [1.29, 1.82) is 0 Å². The maximum absolute atomic E-state index is 11.4. The van der Waals surface area contributed by atoms with Crippen molar-refractivity contribution in [1.82, 2.24) is 5.32 Å². The van der Waals surface area contributed by atoms with E-state index >= 15 is 0 Å². The molecule has 0 saturated carbocycles. The Bertz CT molecular complexity index is 468. The standard InChI is InChI=1S/C14H18ClNO3.ClH/c1-3-9-4-5-13(11(15)6-9)19-10-7-12(16-8-10)14(17)18-2;/h4-6,10,12,16H,3,7-8H2,1-2H3;1H/t10-,12-;/m0./s1. The molecule has 0 aliphatic carbocycles. The highest BCUT2D eigenvalue weighted by atomic mass is 35.5. The van der Waals surface area contributed by atoms with Crippen LogP contribution >= 0.6 is 24.0 Å². The van der Waals surface area contributed by atoms with Crippen molar-refractivity contribution in [3.8, 4) is 5.75 Å². The van der Waals surface area contributed by atoms with Crippen molar-refractivity contribution in [2.45, 2.75) is 31.9 Å². The van der Waals surface area contributed by atoms with Crippen molar-refractivity contribution in [2.24, 2.45) is 0 Å². The Morgan fingerprint density at radius 2 is 2.25 bits per heavy atom. The number of esters is 1. The average Bonchev–Trinajstić information content (AvgIpc) is 2.88. The Morgan fingerprint density at radius 1 is 1.50 bits per heavy atom. The van der Waals surface area contributed by atoms with Gasteiger partial charge in [0, 0.05) is 13.0 Å². The van der Waals surface area contributed by atoms with Crippen molar-refractivity contribution in [2.75, 3.05) is 13.7 Å². The first-order valence-corrected chi connectivity index (χ1v) is 6.78. The van der Waals surface area contributed by atoms with Gasteiger partial charge < -0.3 is 14.8 Å². The van der Waals surface area contributed by atoms with Gasteiger partial charge in [0.15, 0.2) is 0 Å². The monoisotopic (exact) mass is 319 g/mol.